The van der Waals surface area contributed by atoms with Crippen LogP contribution >= 0.6 is 0 Å². The third-order valence-corrected chi connectivity index (χ3v) is 6.13. The van der Waals surface area contributed by atoms with Crippen LogP contribution < -0.4 is 0 Å². The summed E-state index contributed by atoms with van der Waals surface area (Å²) >= 11 is 0. The van der Waals surface area contributed by atoms with Crippen molar-refractivity contribution in [3.05, 3.63) is 59.7 Å². The Morgan fingerprint density at radius 2 is 0.958 bits per heavy atom. The van der Waals surface area contributed by atoms with Gasteiger partial charge in [-0.2, -0.15) is 0 Å². The minimum absolute atomic E-state index is 0.0942. The molecule has 0 fully saturated rings. The van der Waals surface area contributed by atoms with Crippen molar-refractivity contribution < 1.29 is 10.2 Å². The highest BCUT2D eigenvalue weighted by molar-refractivity contribution is 5.43. The van der Waals surface area contributed by atoms with Gasteiger partial charge in [-0.15, -0.1) is 0 Å². The van der Waals surface area contributed by atoms with Gasteiger partial charge in [-0.1, -0.05) is 52.0 Å². The van der Waals surface area contributed by atoms with E-state index in [1.54, 1.807) is 12.1 Å². The first-order valence-electron chi connectivity index (χ1n) is 9.08. The second kappa shape index (κ2) is 7.29. The molecule has 2 N–H and O–H groups in total. The highest BCUT2D eigenvalue weighted by Crippen LogP contribution is 2.53. The van der Waals surface area contributed by atoms with Gasteiger partial charge in [0.1, 0.15) is 11.5 Å². The molecule has 0 spiro atoms. The van der Waals surface area contributed by atoms with Gasteiger partial charge in [-0.3, -0.25) is 0 Å². The van der Waals surface area contributed by atoms with E-state index < -0.39 is 0 Å². The molecule has 0 bridgehead atoms. The minimum Gasteiger partial charge on any atom is -0.508 e. The van der Waals surface area contributed by atoms with Crippen molar-refractivity contribution in [1.29, 1.82) is 0 Å². The Morgan fingerprint density at radius 1 is 0.625 bits per heavy atom. The van der Waals surface area contributed by atoms with Crippen molar-refractivity contribution >= 4 is 0 Å². The van der Waals surface area contributed by atoms with Crippen molar-refractivity contribution in [2.45, 2.75) is 64.2 Å². The molecule has 0 heterocycles. The smallest absolute Gasteiger partial charge is 0.115 e. The van der Waals surface area contributed by atoms with Crippen LogP contribution in [0, 0.1) is 0 Å². The summed E-state index contributed by atoms with van der Waals surface area (Å²) in [6.07, 6.45) is 3.91. The zero-order valence-electron chi connectivity index (χ0n) is 15.3. The van der Waals surface area contributed by atoms with Crippen LogP contribution in [0.3, 0.4) is 0 Å². The number of phenols is 2. The Bertz CT molecular complexity index is 608. The third-order valence-electron chi connectivity index (χ3n) is 6.13. The maximum Gasteiger partial charge on any atom is 0.115 e. The number of aromatic hydroxyl groups is 2. The zero-order chi connectivity index (χ0) is 17.8. The fourth-order valence-corrected chi connectivity index (χ4v) is 4.83. The molecule has 0 saturated heterocycles. The van der Waals surface area contributed by atoms with E-state index in [9.17, 15) is 10.2 Å². The van der Waals surface area contributed by atoms with Crippen LogP contribution in [0.1, 0.15) is 64.5 Å². The standard InChI is InChI=1S/C22H30O2/c1-5-21(6-2,17-11-9-13-19(23)15-17)22(7-3,8-4)18-12-10-14-20(24)16-18/h9-16,23-24H,5-8H2,1-4H3. The molecule has 0 unspecified atom stereocenters. The lowest BCUT2D eigenvalue weighted by Crippen LogP contribution is -2.48. The first-order chi connectivity index (χ1) is 11.5. The molecule has 0 aromatic heterocycles. The van der Waals surface area contributed by atoms with Crippen LogP contribution in [-0.4, -0.2) is 10.2 Å². The van der Waals surface area contributed by atoms with Gasteiger partial charge in [0.2, 0.25) is 0 Å². The largest absolute Gasteiger partial charge is 0.508 e. The van der Waals surface area contributed by atoms with E-state index in [1.807, 2.05) is 24.3 Å². The average Bonchev–Trinajstić information content (AvgIpc) is 2.60. The summed E-state index contributed by atoms with van der Waals surface area (Å²) in [5.41, 5.74) is 2.17. The summed E-state index contributed by atoms with van der Waals surface area (Å²) in [6.45, 7) is 8.93. The van der Waals surface area contributed by atoms with Crippen LogP contribution in [0.2, 0.25) is 0 Å². The highest BCUT2D eigenvalue weighted by Gasteiger charge is 2.49. The Morgan fingerprint density at radius 3 is 1.21 bits per heavy atom. The fraction of sp³-hybridized carbons (Fsp3) is 0.455. The molecule has 0 aliphatic carbocycles. The SMILES string of the molecule is CCC(CC)(c1cccc(O)c1)C(CC)(CC)c1cccc(O)c1. The molecule has 2 aromatic carbocycles. The molecule has 0 saturated carbocycles. The van der Waals surface area contributed by atoms with E-state index in [0.29, 0.717) is 11.5 Å². The Kier molecular flexibility index (Phi) is 5.58. The van der Waals surface area contributed by atoms with E-state index >= 15 is 0 Å². The molecule has 0 aliphatic heterocycles. The van der Waals surface area contributed by atoms with Crippen molar-refractivity contribution in [1.82, 2.24) is 0 Å². The number of rotatable bonds is 7. The average molecular weight is 326 g/mol. The number of phenolic OH excluding ortho intramolecular Hbond substituents is 2. The number of hydrogen-bond acceptors (Lipinski definition) is 2. The van der Waals surface area contributed by atoms with Gasteiger partial charge in [0.15, 0.2) is 0 Å². The van der Waals surface area contributed by atoms with Crippen LogP contribution in [0.15, 0.2) is 48.5 Å². The van der Waals surface area contributed by atoms with Crippen molar-refractivity contribution in [2.75, 3.05) is 0 Å². The summed E-state index contributed by atoms with van der Waals surface area (Å²) < 4.78 is 0. The predicted molar refractivity (Wildman–Crippen MR) is 101 cm³/mol. The highest BCUT2D eigenvalue weighted by atomic mass is 16.3. The fourth-order valence-electron chi connectivity index (χ4n) is 4.83. The van der Waals surface area contributed by atoms with Gasteiger partial charge in [0, 0.05) is 10.8 Å². The predicted octanol–water partition coefficient (Wildman–Crippen LogP) is 5.91. The summed E-state index contributed by atoms with van der Waals surface area (Å²) in [6, 6.07) is 15.4. The van der Waals surface area contributed by atoms with E-state index in [1.165, 1.54) is 11.1 Å². The summed E-state index contributed by atoms with van der Waals surface area (Å²) in [7, 11) is 0. The molecule has 0 atom stereocenters. The zero-order valence-corrected chi connectivity index (χ0v) is 15.3. The summed E-state index contributed by atoms with van der Waals surface area (Å²) in [5, 5.41) is 20.1. The van der Waals surface area contributed by atoms with E-state index in [2.05, 4.69) is 39.8 Å². The molecule has 0 aliphatic rings. The molecule has 130 valence electrons. The Labute approximate surface area is 146 Å². The second-order valence-corrected chi connectivity index (χ2v) is 6.68. The minimum atomic E-state index is -0.0942. The van der Waals surface area contributed by atoms with Gasteiger partial charge >= 0.3 is 0 Å². The van der Waals surface area contributed by atoms with Gasteiger partial charge in [0.05, 0.1) is 0 Å². The van der Waals surface area contributed by atoms with Crippen molar-refractivity contribution in [3.63, 3.8) is 0 Å². The molecule has 2 heteroatoms. The molecule has 0 radical (unpaired) electrons. The van der Waals surface area contributed by atoms with Crippen molar-refractivity contribution in [2.24, 2.45) is 0 Å². The molecule has 0 amide bonds. The van der Waals surface area contributed by atoms with E-state index in [0.717, 1.165) is 25.7 Å². The molecule has 2 rings (SSSR count). The maximum atomic E-state index is 10.1. The molecular formula is C22H30O2. The second-order valence-electron chi connectivity index (χ2n) is 6.68. The van der Waals surface area contributed by atoms with Gasteiger partial charge in [-0.05, 0) is 61.1 Å². The molecular weight excluding hydrogens is 296 g/mol. The Hall–Kier alpha value is -1.96. The van der Waals surface area contributed by atoms with Gasteiger partial charge in [0.25, 0.3) is 0 Å². The first kappa shape index (κ1) is 18.4. The number of hydrogen-bond donors (Lipinski definition) is 2. The molecule has 2 nitrogen and oxygen atoms in total. The monoisotopic (exact) mass is 326 g/mol. The lowest BCUT2D eigenvalue weighted by Gasteiger charge is -2.51. The summed E-state index contributed by atoms with van der Waals surface area (Å²) in [4.78, 5) is 0. The van der Waals surface area contributed by atoms with E-state index in [4.69, 9.17) is 0 Å². The molecule has 24 heavy (non-hydrogen) atoms. The topological polar surface area (TPSA) is 40.5 Å². The van der Waals surface area contributed by atoms with Crippen LogP contribution in [0.25, 0.3) is 0 Å². The quantitative estimate of drug-likeness (QED) is 0.663. The van der Waals surface area contributed by atoms with Gasteiger partial charge in [-0.25, -0.2) is 0 Å². The van der Waals surface area contributed by atoms with Crippen LogP contribution in [-0.2, 0) is 10.8 Å². The van der Waals surface area contributed by atoms with E-state index in [-0.39, 0.29) is 10.8 Å². The first-order valence-corrected chi connectivity index (χ1v) is 9.08. The normalized spacial score (nSPS) is 12.3. The Balaban J connectivity index is 2.77. The number of benzene rings is 2. The van der Waals surface area contributed by atoms with Gasteiger partial charge < -0.3 is 10.2 Å². The lowest BCUT2D eigenvalue weighted by molar-refractivity contribution is 0.176. The maximum absolute atomic E-state index is 10.1. The summed E-state index contributed by atoms with van der Waals surface area (Å²) in [5.74, 6) is 0.631. The van der Waals surface area contributed by atoms with Crippen LogP contribution in [0.4, 0.5) is 0 Å². The lowest BCUT2D eigenvalue weighted by atomic mass is 9.52. The molecule has 2 aromatic rings. The van der Waals surface area contributed by atoms with Crippen molar-refractivity contribution in [3.8, 4) is 11.5 Å². The van der Waals surface area contributed by atoms with Crippen LogP contribution in [0.5, 0.6) is 11.5 Å². The third kappa shape index (κ3) is 2.79.